The molecule has 0 spiro atoms. The van der Waals surface area contributed by atoms with Gasteiger partial charge in [-0.15, -0.1) is 0 Å². The normalized spacial score (nSPS) is 10.7. The molecule has 0 atom stereocenters. The maximum absolute atomic E-state index is 5.47. The van der Waals surface area contributed by atoms with E-state index in [9.17, 15) is 0 Å². The van der Waals surface area contributed by atoms with Gasteiger partial charge in [0.05, 0.1) is 19.7 Å². The number of rotatable bonds is 3. The van der Waals surface area contributed by atoms with E-state index in [0.717, 1.165) is 22.3 Å². The number of hydrogen-bond donors (Lipinski definition) is 0. The SMILES string of the molecule is COc1cc2c(=S)nc(-c3ccccc3)n(C)c2cc1OC. The van der Waals surface area contributed by atoms with E-state index >= 15 is 0 Å². The molecular weight excluding hydrogens is 296 g/mol. The van der Waals surface area contributed by atoms with Gasteiger partial charge in [0, 0.05) is 24.1 Å². The molecule has 1 aromatic heterocycles. The van der Waals surface area contributed by atoms with Gasteiger partial charge in [0.2, 0.25) is 0 Å². The lowest BCUT2D eigenvalue weighted by atomic mass is 10.1. The van der Waals surface area contributed by atoms with Gasteiger partial charge >= 0.3 is 0 Å². The average molecular weight is 312 g/mol. The first-order valence-electron chi connectivity index (χ1n) is 6.84. The molecule has 0 unspecified atom stereocenters. The van der Waals surface area contributed by atoms with Crippen molar-refractivity contribution in [1.29, 1.82) is 0 Å². The third-order valence-electron chi connectivity index (χ3n) is 3.65. The Hall–Kier alpha value is -2.40. The summed E-state index contributed by atoms with van der Waals surface area (Å²) in [5.41, 5.74) is 1.98. The Morgan fingerprint density at radius 2 is 1.64 bits per heavy atom. The quantitative estimate of drug-likeness (QED) is 0.685. The molecule has 0 aliphatic heterocycles. The highest BCUT2D eigenvalue weighted by molar-refractivity contribution is 7.71. The van der Waals surface area contributed by atoms with Gasteiger partial charge in [-0.25, -0.2) is 4.98 Å². The maximum Gasteiger partial charge on any atom is 0.162 e. The average Bonchev–Trinajstić information content (AvgIpc) is 2.57. The molecule has 0 bridgehead atoms. The summed E-state index contributed by atoms with van der Waals surface area (Å²) in [4.78, 5) is 4.58. The monoisotopic (exact) mass is 312 g/mol. The summed E-state index contributed by atoms with van der Waals surface area (Å²) < 4.78 is 13.3. The number of fused-ring (bicyclic) bond motifs is 1. The van der Waals surface area contributed by atoms with Crippen LogP contribution in [0.3, 0.4) is 0 Å². The Bertz CT molecular complexity index is 889. The van der Waals surface area contributed by atoms with E-state index < -0.39 is 0 Å². The van der Waals surface area contributed by atoms with Crippen LogP contribution >= 0.6 is 12.2 Å². The molecule has 4 nitrogen and oxygen atoms in total. The van der Waals surface area contributed by atoms with E-state index in [1.807, 2.05) is 54.1 Å². The van der Waals surface area contributed by atoms with Crippen LogP contribution in [0.1, 0.15) is 0 Å². The second kappa shape index (κ2) is 5.77. The number of benzene rings is 2. The van der Waals surface area contributed by atoms with E-state index in [0.29, 0.717) is 16.1 Å². The summed E-state index contributed by atoms with van der Waals surface area (Å²) in [6, 6.07) is 13.8. The van der Waals surface area contributed by atoms with Crippen molar-refractivity contribution in [3.63, 3.8) is 0 Å². The van der Waals surface area contributed by atoms with E-state index in [1.165, 1.54) is 0 Å². The lowest BCUT2D eigenvalue weighted by molar-refractivity contribution is 0.355. The number of aryl methyl sites for hydroxylation is 1. The van der Waals surface area contributed by atoms with Gasteiger partial charge in [0.25, 0.3) is 0 Å². The van der Waals surface area contributed by atoms with Crippen molar-refractivity contribution in [3.8, 4) is 22.9 Å². The second-order valence-corrected chi connectivity index (χ2v) is 5.28. The third kappa shape index (κ3) is 2.33. The van der Waals surface area contributed by atoms with Gasteiger partial charge in [0.1, 0.15) is 10.5 Å². The predicted octanol–water partition coefficient (Wildman–Crippen LogP) is 3.99. The van der Waals surface area contributed by atoms with Crippen molar-refractivity contribution in [2.75, 3.05) is 14.2 Å². The van der Waals surface area contributed by atoms with Crippen molar-refractivity contribution < 1.29 is 9.47 Å². The third-order valence-corrected chi connectivity index (χ3v) is 3.96. The fourth-order valence-electron chi connectivity index (χ4n) is 2.51. The van der Waals surface area contributed by atoms with E-state index in [4.69, 9.17) is 21.7 Å². The molecule has 3 rings (SSSR count). The molecule has 1 heterocycles. The Morgan fingerprint density at radius 3 is 2.27 bits per heavy atom. The van der Waals surface area contributed by atoms with Crippen molar-refractivity contribution in [3.05, 3.63) is 47.1 Å². The van der Waals surface area contributed by atoms with Crippen molar-refractivity contribution in [2.24, 2.45) is 7.05 Å². The minimum Gasteiger partial charge on any atom is -0.493 e. The molecule has 112 valence electrons. The molecule has 0 fully saturated rings. The molecule has 0 saturated carbocycles. The van der Waals surface area contributed by atoms with Crippen LogP contribution in [0.15, 0.2) is 42.5 Å². The molecule has 0 amide bonds. The lowest BCUT2D eigenvalue weighted by Gasteiger charge is -2.15. The Kier molecular flexibility index (Phi) is 3.81. The number of ether oxygens (including phenoxy) is 2. The minimum atomic E-state index is 0.549. The fourth-order valence-corrected chi connectivity index (χ4v) is 2.76. The van der Waals surface area contributed by atoms with Gasteiger partial charge in [-0.2, -0.15) is 0 Å². The van der Waals surface area contributed by atoms with Gasteiger partial charge in [-0.1, -0.05) is 42.5 Å². The number of nitrogens with zero attached hydrogens (tertiary/aromatic N) is 2. The highest BCUT2D eigenvalue weighted by Gasteiger charge is 2.12. The standard InChI is InChI=1S/C17H16N2O2S/c1-19-13-10-15(21-3)14(20-2)9-12(13)17(22)18-16(19)11-7-5-4-6-8-11/h4-10H,1-3H3. The summed E-state index contributed by atoms with van der Waals surface area (Å²) in [6.45, 7) is 0. The highest BCUT2D eigenvalue weighted by Crippen LogP contribution is 2.33. The van der Waals surface area contributed by atoms with Crippen LogP contribution in [0.4, 0.5) is 0 Å². The first-order chi connectivity index (χ1) is 10.7. The molecular formula is C17H16N2O2S. The van der Waals surface area contributed by atoms with Crippen LogP contribution < -0.4 is 9.47 Å². The van der Waals surface area contributed by atoms with Gasteiger partial charge in [-0.3, -0.25) is 0 Å². The summed E-state index contributed by atoms with van der Waals surface area (Å²) in [5.74, 6) is 2.14. The molecule has 5 heteroatoms. The second-order valence-electron chi connectivity index (χ2n) is 4.89. The lowest BCUT2D eigenvalue weighted by Crippen LogP contribution is -2.03. The molecule has 0 aliphatic carbocycles. The van der Waals surface area contributed by atoms with Crippen LogP contribution in [0.2, 0.25) is 0 Å². The molecule has 0 saturated heterocycles. The fraction of sp³-hybridized carbons (Fsp3) is 0.176. The number of methoxy groups -OCH3 is 2. The summed E-state index contributed by atoms with van der Waals surface area (Å²) >= 11 is 5.47. The Labute approximate surface area is 134 Å². The van der Waals surface area contributed by atoms with Crippen LogP contribution in [0, 0.1) is 4.64 Å². The predicted molar refractivity (Wildman–Crippen MR) is 90.1 cm³/mol. The summed E-state index contributed by atoms with van der Waals surface area (Å²) in [6.07, 6.45) is 0. The molecule has 2 aromatic carbocycles. The van der Waals surface area contributed by atoms with Crippen LogP contribution in [-0.4, -0.2) is 23.8 Å². The Balaban J connectivity index is 2.36. The first kappa shape index (κ1) is 14.5. The topological polar surface area (TPSA) is 36.3 Å². The van der Waals surface area contributed by atoms with Crippen molar-refractivity contribution in [1.82, 2.24) is 9.55 Å². The summed E-state index contributed by atoms with van der Waals surface area (Å²) in [7, 11) is 5.20. The molecule has 3 aromatic rings. The number of aromatic nitrogens is 2. The van der Waals surface area contributed by atoms with Crippen LogP contribution in [0.25, 0.3) is 22.3 Å². The van der Waals surface area contributed by atoms with Gasteiger partial charge in [0.15, 0.2) is 11.5 Å². The van der Waals surface area contributed by atoms with Crippen molar-refractivity contribution in [2.45, 2.75) is 0 Å². The van der Waals surface area contributed by atoms with E-state index in [2.05, 4.69) is 4.98 Å². The van der Waals surface area contributed by atoms with Crippen molar-refractivity contribution >= 4 is 23.1 Å². The Morgan fingerprint density at radius 1 is 1.00 bits per heavy atom. The molecule has 0 N–H and O–H groups in total. The highest BCUT2D eigenvalue weighted by atomic mass is 32.1. The largest absolute Gasteiger partial charge is 0.493 e. The molecule has 0 radical (unpaired) electrons. The molecule has 0 aliphatic rings. The minimum absolute atomic E-state index is 0.549. The molecule has 22 heavy (non-hydrogen) atoms. The van der Waals surface area contributed by atoms with Gasteiger partial charge < -0.3 is 14.0 Å². The number of hydrogen-bond acceptors (Lipinski definition) is 4. The van der Waals surface area contributed by atoms with Gasteiger partial charge in [-0.05, 0) is 6.07 Å². The first-order valence-corrected chi connectivity index (χ1v) is 7.24. The van der Waals surface area contributed by atoms with E-state index in [-0.39, 0.29) is 0 Å². The van der Waals surface area contributed by atoms with Crippen LogP contribution in [0.5, 0.6) is 11.5 Å². The smallest absolute Gasteiger partial charge is 0.162 e. The zero-order valence-corrected chi connectivity index (χ0v) is 13.5. The maximum atomic E-state index is 5.47. The summed E-state index contributed by atoms with van der Waals surface area (Å²) in [5, 5.41) is 0.870. The zero-order chi connectivity index (χ0) is 15.7. The van der Waals surface area contributed by atoms with Crippen LogP contribution in [-0.2, 0) is 7.05 Å². The van der Waals surface area contributed by atoms with E-state index in [1.54, 1.807) is 14.2 Å². The zero-order valence-electron chi connectivity index (χ0n) is 12.7.